The first-order valence-electron chi connectivity index (χ1n) is 9.39. The second-order valence-electron chi connectivity index (χ2n) is 7.32. The lowest BCUT2D eigenvalue weighted by Gasteiger charge is -2.18. The van der Waals surface area contributed by atoms with Crippen molar-refractivity contribution in [3.05, 3.63) is 42.6 Å². The van der Waals surface area contributed by atoms with Crippen molar-refractivity contribution >= 4 is 16.8 Å². The summed E-state index contributed by atoms with van der Waals surface area (Å²) in [5.74, 6) is 2.68. The standard InChI is InChI=1S/C21H26N2O3/c1-25-10-9-23-8-7-18-19(23)3-2-4-20(18)26-14-21(24)22-13-17-12-15-5-6-16(17)11-15/h2-8,15-17H,9-14H2,1H3,(H,22,24)/t15-,16-,17+/m0/s1. The summed E-state index contributed by atoms with van der Waals surface area (Å²) in [7, 11) is 1.70. The number of nitrogens with zero attached hydrogens (tertiary/aromatic N) is 1. The van der Waals surface area contributed by atoms with Crippen LogP contribution in [0, 0.1) is 17.8 Å². The van der Waals surface area contributed by atoms with E-state index >= 15 is 0 Å². The molecule has 2 aliphatic carbocycles. The summed E-state index contributed by atoms with van der Waals surface area (Å²) in [5.41, 5.74) is 1.09. The lowest BCUT2D eigenvalue weighted by atomic mass is 9.94. The molecule has 3 atom stereocenters. The van der Waals surface area contributed by atoms with Crippen LogP contribution in [0.1, 0.15) is 12.8 Å². The summed E-state index contributed by atoms with van der Waals surface area (Å²) in [6, 6.07) is 7.96. The number of carbonyl (C=O) groups is 1. The van der Waals surface area contributed by atoms with Gasteiger partial charge in [0.1, 0.15) is 5.75 Å². The molecule has 2 bridgehead atoms. The van der Waals surface area contributed by atoms with E-state index in [4.69, 9.17) is 9.47 Å². The smallest absolute Gasteiger partial charge is 0.257 e. The minimum atomic E-state index is -0.0485. The molecule has 1 fully saturated rings. The Morgan fingerprint density at radius 3 is 2.96 bits per heavy atom. The molecule has 1 aromatic heterocycles. The van der Waals surface area contributed by atoms with Crippen LogP contribution in [0.2, 0.25) is 0 Å². The number of hydrogen-bond donors (Lipinski definition) is 1. The Morgan fingerprint density at radius 2 is 2.19 bits per heavy atom. The molecule has 26 heavy (non-hydrogen) atoms. The highest BCUT2D eigenvalue weighted by molar-refractivity contribution is 5.87. The van der Waals surface area contributed by atoms with Gasteiger partial charge in [-0.25, -0.2) is 0 Å². The predicted molar refractivity (Wildman–Crippen MR) is 101 cm³/mol. The van der Waals surface area contributed by atoms with Crippen molar-refractivity contribution in [2.24, 2.45) is 17.8 Å². The maximum atomic E-state index is 12.2. The van der Waals surface area contributed by atoms with E-state index in [-0.39, 0.29) is 12.5 Å². The van der Waals surface area contributed by atoms with Crippen molar-refractivity contribution in [2.45, 2.75) is 19.4 Å². The third-order valence-electron chi connectivity index (χ3n) is 5.65. The maximum Gasteiger partial charge on any atom is 0.257 e. The molecule has 138 valence electrons. The van der Waals surface area contributed by atoms with Crippen LogP contribution in [0.25, 0.3) is 10.9 Å². The monoisotopic (exact) mass is 354 g/mol. The van der Waals surface area contributed by atoms with Crippen LogP contribution in [-0.2, 0) is 16.1 Å². The summed E-state index contributed by atoms with van der Waals surface area (Å²) in [4.78, 5) is 12.2. The zero-order valence-electron chi connectivity index (χ0n) is 15.2. The Morgan fingerprint density at radius 1 is 1.27 bits per heavy atom. The van der Waals surface area contributed by atoms with Crippen molar-refractivity contribution in [2.75, 3.05) is 26.9 Å². The largest absolute Gasteiger partial charge is 0.483 e. The average molecular weight is 354 g/mol. The van der Waals surface area contributed by atoms with Gasteiger partial charge in [-0.15, -0.1) is 0 Å². The number of rotatable bonds is 8. The van der Waals surface area contributed by atoms with Crippen LogP contribution in [0.15, 0.2) is 42.6 Å². The van der Waals surface area contributed by atoms with E-state index in [0.29, 0.717) is 18.4 Å². The van der Waals surface area contributed by atoms with Crippen LogP contribution in [-0.4, -0.2) is 37.3 Å². The molecular weight excluding hydrogens is 328 g/mol. The molecule has 1 N–H and O–H groups in total. The Bertz CT molecular complexity index is 811. The van der Waals surface area contributed by atoms with Crippen LogP contribution in [0.3, 0.4) is 0 Å². The average Bonchev–Trinajstić information content (AvgIpc) is 3.38. The van der Waals surface area contributed by atoms with E-state index in [9.17, 15) is 4.79 Å². The zero-order chi connectivity index (χ0) is 17.9. The zero-order valence-corrected chi connectivity index (χ0v) is 15.2. The molecule has 5 heteroatoms. The third kappa shape index (κ3) is 3.49. The molecule has 0 unspecified atom stereocenters. The molecular formula is C21H26N2O3. The minimum Gasteiger partial charge on any atom is -0.483 e. The number of benzene rings is 1. The summed E-state index contributed by atoms with van der Waals surface area (Å²) in [6.07, 6.45) is 9.14. The van der Waals surface area contributed by atoms with E-state index in [1.54, 1.807) is 7.11 Å². The molecule has 2 aromatic rings. The number of carbonyl (C=O) groups excluding carboxylic acids is 1. The maximum absolute atomic E-state index is 12.2. The van der Waals surface area contributed by atoms with Crippen molar-refractivity contribution in [3.8, 4) is 5.75 Å². The second kappa shape index (κ2) is 7.54. The fourth-order valence-electron chi connectivity index (χ4n) is 4.27. The lowest BCUT2D eigenvalue weighted by molar-refractivity contribution is -0.123. The normalized spacial score (nSPS) is 23.7. The first-order chi connectivity index (χ1) is 12.7. The van der Waals surface area contributed by atoms with Gasteiger partial charge in [-0.05, 0) is 48.8 Å². The molecule has 1 aromatic carbocycles. The molecule has 1 heterocycles. The van der Waals surface area contributed by atoms with Crippen LogP contribution >= 0.6 is 0 Å². The summed E-state index contributed by atoms with van der Waals surface area (Å²) in [6.45, 7) is 2.27. The molecule has 5 nitrogen and oxygen atoms in total. The first-order valence-corrected chi connectivity index (χ1v) is 9.39. The number of hydrogen-bond acceptors (Lipinski definition) is 3. The lowest BCUT2D eigenvalue weighted by Crippen LogP contribution is -2.34. The fourth-order valence-corrected chi connectivity index (χ4v) is 4.27. The molecule has 0 saturated heterocycles. The SMILES string of the molecule is COCCn1ccc2c(OCC(=O)NC[C@H]3C[C@H]4C=C[C@H]3C4)cccc21. The molecule has 0 radical (unpaired) electrons. The van der Waals surface area contributed by atoms with E-state index in [0.717, 1.165) is 35.7 Å². The molecule has 0 spiro atoms. The van der Waals surface area contributed by atoms with Gasteiger partial charge in [0.2, 0.25) is 0 Å². The van der Waals surface area contributed by atoms with Gasteiger partial charge in [-0.2, -0.15) is 0 Å². The number of ether oxygens (including phenoxy) is 2. The van der Waals surface area contributed by atoms with Crippen LogP contribution in [0.5, 0.6) is 5.75 Å². The number of allylic oxidation sites excluding steroid dienone is 2. The molecule has 0 aliphatic heterocycles. The second-order valence-corrected chi connectivity index (χ2v) is 7.32. The quantitative estimate of drug-likeness (QED) is 0.742. The Labute approximate surface area is 154 Å². The molecule has 1 amide bonds. The number of methoxy groups -OCH3 is 1. The van der Waals surface area contributed by atoms with Crippen molar-refractivity contribution in [3.63, 3.8) is 0 Å². The fraction of sp³-hybridized carbons (Fsp3) is 0.476. The van der Waals surface area contributed by atoms with Gasteiger partial charge >= 0.3 is 0 Å². The Balaban J connectivity index is 1.32. The van der Waals surface area contributed by atoms with Gasteiger partial charge < -0.3 is 19.4 Å². The number of nitrogens with one attached hydrogen (secondary N) is 1. The van der Waals surface area contributed by atoms with E-state index in [1.165, 1.54) is 12.8 Å². The van der Waals surface area contributed by atoms with Crippen molar-refractivity contribution < 1.29 is 14.3 Å². The van der Waals surface area contributed by atoms with Gasteiger partial charge in [-0.1, -0.05) is 18.2 Å². The highest BCUT2D eigenvalue weighted by Crippen LogP contribution is 2.42. The van der Waals surface area contributed by atoms with Gasteiger partial charge in [0.05, 0.1) is 12.1 Å². The van der Waals surface area contributed by atoms with Crippen LogP contribution in [0.4, 0.5) is 0 Å². The van der Waals surface area contributed by atoms with Gasteiger partial charge in [0.15, 0.2) is 6.61 Å². The highest BCUT2D eigenvalue weighted by Gasteiger charge is 2.35. The van der Waals surface area contributed by atoms with Crippen LogP contribution < -0.4 is 10.1 Å². The van der Waals surface area contributed by atoms with Crippen molar-refractivity contribution in [1.82, 2.24) is 9.88 Å². The third-order valence-corrected chi connectivity index (χ3v) is 5.65. The summed E-state index contributed by atoms with van der Waals surface area (Å²) in [5, 5.41) is 4.06. The molecule has 1 saturated carbocycles. The number of fused-ring (bicyclic) bond motifs is 3. The van der Waals surface area contributed by atoms with Gasteiger partial charge in [0.25, 0.3) is 5.91 Å². The van der Waals surface area contributed by atoms with E-state index in [1.807, 2.05) is 24.4 Å². The summed E-state index contributed by atoms with van der Waals surface area (Å²) >= 11 is 0. The molecule has 4 rings (SSSR count). The number of aromatic nitrogens is 1. The van der Waals surface area contributed by atoms with Gasteiger partial charge in [-0.3, -0.25) is 4.79 Å². The highest BCUT2D eigenvalue weighted by atomic mass is 16.5. The van der Waals surface area contributed by atoms with E-state index < -0.39 is 0 Å². The predicted octanol–water partition coefficient (Wildman–Crippen LogP) is 2.99. The Kier molecular flexibility index (Phi) is 4.98. The topological polar surface area (TPSA) is 52.5 Å². The van der Waals surface area contributed by atoms with Gasteiger partial charge in [0, 0.05) is 31.8 Å². The number of amides is 1. The Hall–Kier alpha value is -2.27. The summed E-state index contributed by atoms with van der Waals surface area (Å²) < 4.78 is 13.1. The minimum absolute atomic E-state index is 0.0485. The van der Waals surface area contributed by atoms with E-state index in [2.05, 4.69) is 28.1 Å². The van der Waals surface area contributed by atoms with Crippen molar-refractivity contribution in [1.29, 1.82) is 0 Å². The molecule has 2 aliphatic rings. The first kappa shape index (κ1) is 17.2.